The highest BCUT2D eigenvalue weighted by molar-refractivity contribution is 5.73. The van der Waals surface area contributed by atoms with Gasteiger partial charge in [-0.15, -0.1) is 20.4 Å². The topological polar surface area (TPSA) is 120 Å². The molecule has 180 valence electrons. The molecule has 2 aromatic rings. The molecule has 0 bridgehead atoms. The molecule has 3 heterocycles. The number of likely N-dealkylation sites (tertiary alicyclic amines) is 1. The van der Waals surface area contributed by atoms with E-state index in [0.717, 1.165) is 30.5 Å². The van der Waals surface area contributed by atoms with Crippen LogP contribution in [0.15, 0.2) is 34.5 Å². The summed E-state index contributed by atoms with van der Waals surface area (Å²) in [6.07, 6.45) is -7.89. The zero-order chi connectivity index (χ0) is 24.3. The minimum atomic E-state index is -5.08. The van der Waals surface area contributed by atoms with Crippen LogP contribution in [0.1, 0.15) is 24.8 Å². The number of tetrazole rings is 1. The number of hydrogen-bond donors (Lipinski definition) is 2. The van der Waals surface area contributed by atoms with E-state index in [9.17, 15) is 26.3 Å². The van der Waals surface area contributed by atoms with Crippen molar-refractivity contribution in [2.24, 2.45) is 16.1 Å². The largest absolute Gasteiger partial charge is 0.490 e. The van der Waals surface area contributed by atoms with Crippen molar-refractivity contribution in [2.75, 3.05) is 13.1 Å². The molecule has 1 fully saturated rings. The number of benzene rings is 1. The Kier molecular flexibility index (Phi) is 7.00. The molecule has 0 radical (unpaired) electrons. The van der Waals surface area contributed by atoms with Crippen molar-refractivity contribution >= 4 is 5.97 Å². The molecule has 9 nitrogen and oxygen atoms in total. The maximum atomic E-state index is 13.1. The molecule has 1 atom stereocenters. The van der Waals surface area contributed by atoms with Gasteiger partial charge in [-0.1, -0.05) is 24.3 Å². The van der Waals surface area contributed by atoms with Gasteiger partial charge in [0.05, 0.1) is 0 Å². The summed E-state index contributed by atoms with van der Waals surface area (Å²) in [5.74, 6) is -2.31. The first kappa shape index (κ1) is 24.5. The van der Waals surface area contributed by atoms with E-state index in [2.05, 4.69) is 35.8 Å². The van der Waals surface area contributed by atoms with Crippen LogP contribution in [0.25, 0.3) is 11.4 Å². The van der Waals surface area contributed by atoms with E-state index in [1.54, 1.807) is 0 Å². The van der Waals surface area contributed by atoms with E-state index in [4.69, 9.17) is 9.90 Å². The number of H-pyrrole nitrogens is 1. The number of halogens is 6. The lowest BCUT2D eigenvalue weighted by atomic mass is 9.89. The minimum Gasteiger partial charge on any atom is -0.475 e. The lowest BCUT2D eigenvalue weighted by molar-refractivity contribution is -0.192. The van der Waals surface area contributed by atoms with Crippen LogP contribution in [-0.4, -0.2) is 67.7 Å². The summed E-state index contributed by atoms with van der Waals surface area (Å²) in [5.41, 5.74) is -0.244. The van der Waals surface area contributed by atoms with Gasteiger partial charge in [-0.05, 0) is 36.1 Å². The molecule has 0 spiro atoms. The predicted molar refractivity (Wildman–Crippen MR) is 99.6 cm³/mol. The van der Waals surface area contributed by atoms with Gasteiger partial charge < -0.3 is 5.11 Å². The molecule has 33 heavy (non-hydrogen) atoms. The molecule has 0 amide bonds. The number of aliphatic carboxylic acids is 1. The second-order valence-electron chi connectivity index (χ2n) is 7.66. The van der Waals surface area contributed by atoms with Crippen LogP contribution in [0.5, 0.6) is 0 Å². The Labute approximate surface area is 182 Å². The zero-order valence-electron chi connectivity index (χ0n) is 16.9. The molecule has 2 aliphatic heterocycles. The number of piperidine rings is 1. The lowest BCUT2D eigenvalue weighted by Crippen LogP contribution is -2.41. The molecule has 4 rings (SSSR count). The average Bonchev–Trinajstić information content (AvgIpc) is 3.32. The van der Waals surface area contributed by atoms with Gasteiger partial charge in [0.25, 0.3) is 5.66 Å². The average molecular weight is 479 g/mol. The van der Waals surface area contributed by atoms with E-state index in [1.165, 1.54) is 0 Å². The number of nitrogens with zero attached hydrogens (tertiary/aromatic N) is 6. The van der Waals surface area contributed by atoms with Crippen molar-refractivity contribution in [1.82, 2.24) is 25.5 Å². The Hall–Kier alpha value is -3.10. The second-order valence-corrected chi connectivity index (χ2v) is 7.66. The lowest BCUT2D eigenvalue weighted by Gasteiger charge is -2.34. The molecule has 1 aromatic carbocycles. The highest BCUT2D eigenvalue weighted by Gasteiger charge is 2.64. The third-order valence-corrected chi connectivity index (χ3v) is 5.21. The van der Waals surface area contributed by atoms with Crippen molar-refractivity contribution in [1.29, 1.82) is 0 Å². The van der Waals surface area contributed by atoms with Crippen LogP contribution in [0, 0.1) is 5.92 Å². The molecule has 2 aliphatic rings. The number of hydrogen-bond acceptors (Lipinski definition) is 7. The number of nitrogens with one attached hydrogen (secondary N) is 1. The first-order valence-electron chi connectivity index (χ1n) is 9.76. The van der Waals surface area contributed by atoms with Gasteiger partial charge in [-0.25, -0.2) is 4.79 Å². The van der Waals surface area contributed by atoms with Gasteiger partial charge in [-0.3, -0.25) is 4.90 Å². The maximum Gasteiger partial charge on any atom is 0.490 e. The number of alkyl halides is 6. The zero-order valence-corrected chi connectivity index (χ0v) is 16.9. The fourth-order valence-corrected chi connectivity index (χ4v) is 3.63. The van der Waals surface area contributed by atoms with Crippen LogP contribution in [0.3, 0.4) is 0 Å². The molecule has 1 unspecified atom stereocenters. The summed E-state index contributed by atoms with van der Waals surface area (Å²) >= 11 is 0. The third kappa shape index (κ3) is 6.24. The summed E-state index contributed by atoms with van der Waals surface area (Å²) in [4.78, 5) is 11.1. The van der Waals surface area contributed by atoms with Crippen LogP contribution in [0.4, 0.5) is 26.3 Å². The normalized spacial score (nSPS) is 20.1. The Morgan fingerprint density at radius 3 is 2.39 bits per heavy atom. The Morgan fingerprint density at radius 2 is 1.85 bits per heavy atom. The molecular weight excluding hydrogens is 460 g/mol. The van der Waals surface area contributed by atoms with Gasteiger partial charge in [0, 0.05) is 25.1 Å². The van der Waals surface area contributed by atoms with Crippen LogP contribution < -0.4 is 0 Å². The van der Waals surface area contributed by atoms with Crippen LogP contribution in [-0.2, 0) is 11.3 Å². The van der Waals surface area contributed by atoms with E-state index < -0.39 is 24.0 Å². The smallest absolute Gasteiger partial charge is 0.475 e. The third-order valence-electron chi connectivity index (χ3n) is 5.21. The second kappa shape index (κ2) is 9.41. The number of carbonyl (C=O) groups is 1. The number of carboxylic acids is 1. The maximum absolute atomic E-state index is 13.1. The number of aromatic nitrogens is 4. The molecular formula is C18H19F6N7O2. The molecule has 0 aliphatic carbocycles. The van der Waals surface area contributed by atoms with Crippen molar-refractivity contribution < 1.29 is 36.2 Å². The Balaban J connectivity index is 0.000000383. The van der Waals surface area contributed by atoms with E-state index in [1.807, 2.05) is 24.3 Å². The first-order valence-corrected chi connectivity index (χ1v) is 9.76. The number of aromatic amines is 1. The minimum absolute atomic E-state index is 0.0561. The van der Waals surface area contributed by atoms with E-state index in [-0.39, 0.29) is 12.3 Å². The summed E-state index contributed by atoms with van der Waals surface area (Å²) in [5, 5.41) is 27.8. The predicted octanol–water partition coefficient (Wildman–Crippen LogP) is 3.83. The van der Waals surface area contributed by atoms with Crippen molar-refractivity contribution in [3.8, 4) is 11.4 Å². The van der Waals surface area contributed by atoms with Crippen molar-refractivity contribution in [2.45, 2.75) is 43.8 Å². The van der Waals surface area contributed by atoms with Gasteiger partial charge in [0.2, 0.25) is 5.82 Å². The molecule has 1 aromatic heterocycles. The highest BCUT2D eigenvalue weighted by atomic mass is 19.4. The Bertz CT molecular complexity index is 971. The van der Waals surface area contributed by atoms with E-state index in [0.29, 0.717) is 18.9 Å². The summed E-state index contributed by atoms with van der Waals surface area (Å²) in [7, 11) is 0. The SMILES string of the molecule is FC(F)(F)C1(CC2CCCN(Cc3ccccc3-c3nn[nH]n3)C2)N=N1.O=C(O)C(F)(F)F. The molecule has 2 N–H and O–H groups in total. The monoisotopic (exact) mass is 479 g/mol. The van der Waals surface area contributed by atoms with Gasteiger partial charge in [0.1, 0.15) is 0 Å². The van der Waals surface area contributed by atoms with Crippen LogP contribution in [0.2, 0.25) is 0 Å². The van der Waals surface area contributed by atoms with Crippen LogP contribution >= 0.6 is 0 Å². The van der Waals surface area contributed by atoms with E-state index >= 15 is 0 Å². The van der Waals surface area contributed by atoms with Crippen molar-refractivity contribution in [3.05, 3.63) is 29.8 Å². The Morgan fingerprint density at radius 1 is 1.18 bits per heavy atom. The standard InChI is InChI=1S/C16H18F3N7.C2HF3O2/c17-16(18,19)15(22-23-15)8-11-4-3-7-26(9-11)10-12-5-1-2-6-13(12)14-20-24-25-21-14;3-2(4,5)1(6)7/h1-2,5-6,11H,3-4,7-10H2,(H,20,21,24,25);(H,6,7). The first-order chi connectivity index (χ1) is 15.4. The summed E-state index contributed by atoms with van der Waals surface area (Å²) in [6, 6.07) is 7.73. The molecule has 0 saturated carbocycles. The van der Waals surface area contributed by atoms with Gasteiger partial charge in [0.15, 0.2) is 0 Å². The summed E-state index contributed by atoms with van der Waals surface area (Å²) < 4.78 is 71.0. The fraction of sp³-hybridized carbons (Fsp3) is 0.556. The van der Waals surface area contributed by atoms with Crippen molar-refractivity contribution in [3.63, 3.8) is 0 Å². The van der Waals surface area contributed by atoms with Gasteiger partial charge in [-0.2, -0.15) is 31.6 Å². The molecule has 15 heteroatoms. The summed E-state index contributed by atoms with van der Waals surface area (Å²) in [6.45, 7) is 2.09. The number of carboxylic acid groups (broad SMARTS) is 1. The van der Waals surface area contributed by atoms with Gasteiger partial charge >= 0.3 is 18.3 Å². The fourth-order valence-electron chi connectivity index (χ4n) is 3.63. The number of rotatable bonds is 5. The highest BCUT2D eigenvalue weighted by Crippen LogP contribution is 2.49. The molecule has 1 saturated heterocycles. The quantitative estimate of drug-likeness (QED) is 0.629.